The number of hydrogen-bond donors (Lipinski definition) is 1. The van der Waals surface area contributed by atoms with Gasteiger partial charge in [0.05, 0.1) is 11.1 Å². The predicted molar refractivity (Wildman–Crippen MR) is 73.7 cm³/mol. The number of likely N-dealkylation sites (N-methyl/N-ethyl adjacent to an activating group) is 1. The SMILES string of the molecule is CCCC(OC)C(Cc1cccc(F)c1Cl)NC. The molecule has 0 spiro atoms. The Morgan fingerprint density at radius 2 is 2.17 bits per heavy atom. The molecule has 0 amide bonds. The summed E-state index contributed by atoms with van der Waals surface area (Å²) in [4.78, 5) is 0. The van der Waals surface area contributed by atoms with E-state index >= 15 is 0 Å². The molecule has 0 aliphatic heterocycles. The Kier molecular flexibility index (Phi) is 6.61. The molecule has 1 N–H and O–H groups in total. The summed E-state index contributed by atoms with van der Waals surface area (Å²) >= 11 is 5.98. The first-order chi connectivity index (χ1) is 8.63. The minimum Gasteiger partial charge on any atom is -0.380 e. The predicted octanol–water partition coefficient (Wildman–Crippen LogP) is 3.42. The summed E-state index contributed by atoms with van der Waals surface area (Å²) in [6, 6.07) is 5.05. The topological polar surface area (TPSA) is 21.3 Å². The van der Waals surface area contributed by atoms with Gasteiger partial charge in [-0.3, -0.25) is 0 Å². The molecular weight excluding hydrogens is 253 g/mol. The maximum Gasteiger partial charge on any atom is 0.142 e. The second-order valence-electron chi connectivity index (χ2n) is 4.38. The highest BCUT2D eigenvalue weighted by molar-refractivity contribution is 6.31. The Labute approximate surface area is 113 Å². The van der Waals surface area contributed by atoms with Crippen LogP contribution in [0.2, 0.25) is 5.02 Å². The van der Waals surface area contributed by atoms with Crippen molar-refractivity contribution in [3.63, 3.8) is 0 Å². The van der Waals surface area contributed by atoms with Gasteiger partial charge in [-0.15, -0.1) is 0 Å². The van der Waals surface area contributed by atoms with Crippen molar-refractivity contribution in [3.05, 3.63) is 34.6 Å². The minimum atomic E-state index is -0.367. The normalized spacial score (nSPS) is 14.5. The molecule has 1 rings (SSSR count). The van der Waals surface area contributed by atoms with Crippen LogP contribution >= 0.6 is 11.6 Å². The van der Waals surface area contributed by atoms with Crippen LogP contribution in [0.3, 0.4) is 0 Å². The molecule has 0 aromatic heterocycles. The second-order valence-corrected chi connectivity index (χ2v) is 4.75. The van der Waals surface area contributed by atoms with Crippen molar-refractivity contribution in [2.24, 2.45) is 0 Å². The molecule has 0 saturated heterocycles. The van der Waals surface area contributed by atoms with E-state index in [0.717, 1.165) is 18.4 Å². The number of nitrogens with one attached hydrogen (secondary N) is 1. The summed E-state index contributed by atoms with van der Waals surface area (Å²) in [6.45, 7) is 2.12. The Morgan fingerprint density at radius 1 is 1.44 bits per heavy atom. The van der Waals surface area contributed by atoms with E-state index in [4.69, 9.17) is 16.3 Å². The standard InChI is InChI=1S/C14H21ClFNO/c1-4-6-13(18-3)12(17-2)9-10-7-5-8-11(16)14(10)15/h5,7-8,12-13,17H,4,6,9H2,1-3H3. The highest BCUT2D eigenvalue weighted by Gasteiger charge is 2.20. The van der Waals surface area contributed by atoms with Crippen LogP contribution in [0.4, 0.5) is 4.39 Å². The average molecular weight is 274 g/mol. The van der Waals surface area contributed by atoms with Crippen molar-refractivity contribution >= 4 is 11.6 Å². The van der Waals surface area contributed by atoms with Gasteiger partial charge in [0.25, 0.3) is 0 Å². The number of ether oxygens (including phenoxy) is 1. The fourth-order valence-corrected chi connectivity index (χ4v) is 2.33. The number of rotatable bonds is 7. The summed E-state index contributed by atoms with van der Waals surface area (Å²) in [7, 11) is 3.59. The van der Waals surface area contributed by atoms with Crippen LogP contribution < -0.4 is 5.32 Å². The Hall–Kier alpha value is -0.640. The minimum absolute atomic E-state index is 0.110. The van der Waals surface area contributed by atoms with Crippen LogP contribution in [0.15, 0.2) is 18.2 Å². The molecule has 2 atom stereocenters. The van der Waals surface area contributed by atoms with Crippen molar-refractivity contribution in [3.8, 4) is 0 Å². The summed E-state index contributed by atoms with van der Waals surface area (Å²) < 4.78 is 18.9. The Morgan fingerprint density at radius 3 is 2.72 bits per heavy atom. The van der Waals surface area contributed by atoms with E-state index in [0.29, 0.717) is 6.42 Å². The molecule has 0 aliphatic carbocycles. The molecule has 102 valence electrons. The van der Waals surface area contributed by atoms with Crippen LogP contribution in [-0.2, 0) is 11.2 Å². The van der Waals surface area contributed by atoms with Gasteiger partial charge in [-0.05, 0) is 31.5 Å². The first-order valence-electron chi connectivity index (χ1n) is 6.27. The van der Waals surface area contributed by atoms with Gasteiger partial charge in [-0.25, -0.2) is 4.39 Å². The van der Waals surface area contributed by atoms with Gasteiger partial charge < -0.3 is 10.1 Å². The van der Waals surface area contributed by atoms with Crippen molar-refractivity contribution in [1.82, 2.24) is 5.32 Å². The number of methoxy groups -OCH3 is 1. The van der Waals surface area contributed by atoms with Crippen LogP contribution in [0.25, 0.3) is 0 Å². The number of hydrogen-bond acceptors (Lipinski definition) is 2. The molecule has 0 radical (unpaired) electrons. The zero-order valence-corrected chi connectivity index (χ0v) is 11.9. The van der Waals surface area contributed by atoms with Crippen LogP contribution in [0, 0.1) is 5.82 Å². The summed E-state index contributed by atoms with van der Waals surface area (Å²) in [5.74, 6) is -0.367. The van der Waals surface area contributed by atoms with Crippen LogP contribution in [-0.4, -0.2) is 26.3 Å². The molecule has 0 fully saturated rings. The highest BCUT2D eigenvalue weighted by Crippen LogP contribution is 2.22. The lowest BCUT2D eigenvalue weighted by Crippen LogP contribution is -2.40. The largest absolute Gasteiger partial charge is 0.380 e. The van der Waals surface area contributed by atoms with E-state index < -0.39 is 0 Å². The molecule has 0 saturated carbocycles. The Balaban J connectivity index is 2.81. The fraction of sp³-hybridized carbons (Fsp3) is 0.571. The second kappa shape index (κ2) is 7.72. The molecular formula is C14H21ClFNO. The quantitative estimate of drug-likeness (QED) is 0.822. The van der Waals surface area contributed by atoms with E-state index in [2.05, 4.69) is 12.2 Å². The highest BCUT2D eigenvalue weighted by atomic mass is 35.5. The zero-order chi connectivity index (χ0) is 13.5. The summed E-state index contributed by atoms with van der Waals surface area (Å²) in [5, 5.41) is 3.44. The summed E-state index contributed by atoms with van der Waals surface area (Å²) in [5.41, 5.74) is 0.814. The van der Waals surface area contributed by atoms with Crippen molar-refractivity contribution < 1.29 is 9.13 Å². The summed E-state index contributed by atoms with van der Waals surface area (Å²) in [6.07, 6.45) is 2.79. The Bertz CT molecular complexity index is 373. The van der Waals surface area contributed by atoms with Crippen molar-refractivity contribution in [1.29, 1.82) is 0 Å². The molecule has 1 aromatic carbocycles. The van der Waals surface area contributed by atoms with E-state index in [-0.39, 0.29) is 23.0 Å². The average Bonchev–Trinajstić information content (AvgIpc) is 2.38. The van der Waals surface area contributed by atoms with Gasteiger partial charge in [0.1, 0.15) is 5.82 Å². The van der Waals surface area contributed by atoms with Crippen LogP contribution in [0.5, 0.6) is 0 Å². The molecule has 18 heavy (non-hydrogen) atoms. The van der Waals surface area contributed by atoms with Gasteiger partial charge in [0, 0.05) is 13.2 Å². The van der Waals surface area contributed by atoms with Crippen LogP contribution in [0.1, 0.15) is 25.3 Å². The van der Waals surface area contributed by atoms with Crippen molar-refractivity contribution in [2.45, 2.75) is 38.3 Å². The van der Waals surface area contributed by atoms with E-state index in [1.54, 1.807) is 13.2 Å². The lowest BCUT2D eigenvalue weighted by molar-refractivity contribution is 0.0633. The van der Waals surface area contributed by atoms with Gasteiger partial charge in [0.15, 0.2) is 0 Å². The lowest BCUT2D eigenvalue weighted by Gasteiger charge is -2.26. The monoisotopic (exact) mass is 273 g/mol. The van der Waals surface area contributed by atoms with Gasteiger partial charge in [-0.2, -0.15) is 0 Å². The lowest BCUT2D eigenvalue weighted by atomic mass is 9.98. The molecule has 0 bridgehead atoms. The smallest absolute Gasteiger partial charge is 0.142 e. The molecule has 0 heterocycles. The third-order valence-electron chi connectivity index (χ3n) is 3.17. The van der Waals surface area contributed by atoms with E-state index in [1.807, 2.05) is 13.1 Å². The van der Waals surface area contributed by atoms with E-state index in [1.165, 1.54) is 6.07 Å². The fourth-order valence-electron chi connectivity index (χ4n) is 2.13. The first-order valence-corrected chi connectivity index (χ1v) is 6.64. The molecule has 2 nitrogen and oxygen atoms in total. The molecule has 0 aliphatic rings. The molecule has 2 unspecified atom stereocenters. The molecule has 4 heteroatoms. The number of halogens is 2. The first kappa shape index (κ1) is 15.4. The molecule has 1 aromatic rings. The number of benzene rings is 1. The van der Waals surface area contributed by atoms with E-state index in [9.17, 15) is 4.39 Å². The maximum atomic E-state index is 13.4. The van der Waals surface area contributed by atoms with Gasteiger partial charge in [-0.1, -0.05) is 37.1 Å². The third kappa shape index (κ3) is 3.94. The van der Waals surface area contributed by atoms with Crippen molar-refractivity contribution in [2.75, 3.05) is 14.2 Å². The van der Waals surface area contributed by atoms with Gasteiger partial charge >= 0.3 is 0 Å². The van der Waals surface area contributed by atoms with Gasteiger partial charge in [0.2, 0.25) is 0 Å². The third-order valence-corrected chi connectivity index (χ3v) is 3.59. The maximum absolute atomic E-state index is 13.4. The zero-order valence-electron chi connectivity index (χ0n) is 11.2.